The molecule has 1 heterocycles. The molecule has 86 valence electrons. The second kappa shape index (κ2) is 6.61. The Kier molecular flexibility index (Phi) is 5.43. The van der Waals surface area contributed by atoms with Crippen LogP contribution in [0.5, 0.6) is 0 Å². The van der Waals surface area contributed by atoms with Crippen molar-refractivity contribution in [2.24, 2.45) is 0 Å². The fourth-order valence-corrected chi connectivity index (χ4v) is 1.49. The quantitative estimate of drug-likeness (QED) is 0.738. The highest BCUT2D eigenvalue weighted by Crippen LogP contribution is 2.09. The molecule has 0 fully saturated rings. The van der Waals surface area contributed by atoms with Gasteiger partial charge in [0.15, 0.2) is 0 Å². The van der Waals surface area contributed by atoms with E-state index in [1.54, 1.807) is 12.4 Å². The number of aromatic nitrogens is 1. The molecule has 1 aromatic rings. The molecule has 0 N–H and O–H groups in total. The summed E-state index contributed by atoms with van der Waals surface area (Å²) in [5.41, 5.74) is 1.88. The summed E-state index contributed by atoms with van der Waals surface area (Å²) < 4.78 is 0. The largest absolute Gasteiger partial charge is 0.281 e. The van der Waals surface area contributed by atoms with Gasteiger partial charge < -0.3 is 0 Å². The first-order valence-corrected chi connectivity index (χ1v) is 5.63. The zero-order valence-electron chi connectivity index (χ0n) is 8.58. The molecule has 0 aliphatic rings. The SMILES string of the molecule is O=C(Cl)CCc1cncc(CCC(=O)Cl)c1. The number of carbonyl (C=O) groups is 2. The van der Waals surface area contributed by atoms with Gasteiger partial charge in [0.05, 0.1) is 0 Å². The highest BCUT2D eigenvalue weighted by atomic mass is 35.5. The molecule has 5 heteroatoms. The van der Waals surface area contributed by atoms with Crippen molar-refractivity contribution in [3.05, 3.63) is 29.6 Å². The van der Waals surface area contributed by atoms with E-state index in [4.69, 9.17) is 23.2 Å². The molecule has 0 aromatic carbocycles. The van der Waals surface area contributed by atoms with Crippen LogP contribution in [0.3, 0.4) is 0 Å². The molecule has 16 heavy (non-hydrogen) atoms. The standard InChI is InChI=1S/C11H11Cl2NO2/c12-10(15)3-1-8-5-9(7-14-6-8)2-4-11(13)16/h5-7H,1-4H2. The third-order valence-corrected chi connectivity index (χ3v) is 2.45. The summed E-state index contributed by atoms with van der Waals surface area (Å²) in [5.74, 6) is 0. The minimum Gasteiger partial charge on any atom is -0.281 e. The molecule has 0 atom stereocenters. The number of hydrogen-bond acceptors (Lipinski definition) is 3. The molecule has 0 bridgehead atoms. The number of nitrogens with zero attached hydrogens (tertiary/aromatic N) is 1. The van der Waals surface area contributed by atoms with E-state index in [0.29, 0.717) is 25.7 Å². The Labute approximate surface area is 104 Å². The molecule has 3 nitrogen and oxygen atoms in total. The maximum absolute atomic E-state index is 10.6. The van der Waals surface area contributed by atoms with Gasteiger partial charge in [-0.2, -0.15) is 0 Å². The van der Waals surface area contributed by atoms with Gasteiger partial charge in [0, 0.05) is 25.2 Å². The van der Waals surface area contributed by atoms with Crippen LogP contribution in [0.4, 0.5) is 0 Å². The van der Waals surface area contributed by atoms with Gasteiger partial charge in [0.1, 0.15) is 0 Å². The lowest BCUT2D eigenvalue weighted by atomic mass is 10.1. The van der Waals surface area contributed by atoms with E-state index >= 15 is 0 Å². The zero-order chi connectivity index (χ0) is 12.0. The van der Waals surface area contributed by atoms with Crippen LogP contribution < -0.4 is 0 Å². The minimum absolute atomic E-state index is 0.293. The Balaban J connectivity index is 2.56. The predicted octanol–water partition coefficient (Wildman–Crippen LogP) is 2.48. The van der Waals surface area contributed by atoms with Crippen molar-refractivity contribution in [3.63, 3.8) is 0 Å². The van der Waals surface area contributed by atoms with Crippen LogP contribution in [-0.4, -0.2) is 15.5 Å². The van der Waals surface area contributed by atoms with Crippen LogP contribution in [0.25, 0.3) is 0 Å². The number of halogens is 2. The molecule has 1 aromatic heterocycles. The first kappa shape index (κ1) is 13.1. The van der Waals surface area contributed by atoms with E-state index in [0.717, 1.165) is 11.1 Å². The summed E-state index contributed by atoms with van der Waals surface area (Å²) in [5, 5.41) is -0.720. The number of hydrogen-bond donors (Lipinski definition) is 0. The minimum atomic E-state index is -0.360. The molecule has 0 amide bonds. The van der Waals surface area contributed by atoms with Crippen molar-refractivity contribution in [1.82, 2.24) is 4.98 Å². The molecule has 0 aliphatic carbocycles. The molecule has 0 unspecified atom stereocenters. The van der Waals surface area contributed by atoms with Crippen molar-refractivity contribution in [2.75, 3.05) is 0 Å². The van der Waals surface area contributed by atoms with E-state index in [-0.39, 0.29) is 10.5 Å². The summed E-state index contributed by atoms with van der Waals surface area (Å²) in [6, 6.07) is 1.91. The number of carbonyl (C=O) groups excluding carboxylic acids is 2. The maximum Gasteiger partial charge on any atom is 0.221 e. The third kappa shape index (κ3) is 5.24. The van der Waals surface area contributed by atoms with E-state index in [1.807, 2.05) is 6.07 Å². The maximum atomic E-state index is 10.6. The average molecular weight is 260 g/mol. The van der Waals surface area contributed by atoms with Crippen molar-refractivity contribution in [2.45, 2.75) is 25.7 Å². The molecule has 0 radical (unpaired) electrons. The molecular weight excluding hydrogens is 249 g/mol. The van der Waals surface area contributed by atoms with Gasteiger partial charge >= 0.3 is 0 Å². The zero-order valence-corrected chi connectivity index (χ0v) is 10.1. The first-order chi connectivity index (χ1) is 7.58. The molecular formula is C11H11Cl2NO2. The van der Waals surface area contributed by atoms with Gasteiger partial charge in [-0.3, -0.25) is 14.6 Å². The number of aryl methyl sites for hydroxylation is 2. The highest BCUT2D eigenvalue weighted by molar-refractivity contribution is 6.63. The first-order valence-electron chi connectivity index (χ1n) is 4.87. The van der Waals surface area contributed by atoms with E-state index < -0.39 is 0 Å². The number of rotatable bonds is 6. The van der Waals surface area contributed by atoms with E-state index in [1.165, 1.54) is 0 Å². The smallest absolute Gasteiger partial charge is 0.221 e. The lowest BCUT2D eigenvalue weighted by molar-refractivity contribution is -0.112. The van der Waals surface area contributed by atoms with Gasteiger partial charge in [0.25, 0.3) is 0 Å². The summed E-state index contributed by atoms with van der Waals surface area (Å²) >= 11 is 10.5. The van der Waals surface area contributed by atoms with E-state index in [2.05, 4.69) is 4.98 Å². The topological polar surface area (TPSA) is 47.0 Å². The fourth-order valence-electron chi connectivity index (χ4n) is 1.30. The second-order valence-corrected chi connectivity index (χ2v) is 4.25. The van der Waals surface area contributed by atoms with Crippen molar-refractivity contribution >= 4 is 33.7 Å². The van der Waals surface area contributed by atoms with Crippen molar-refractivity contribution < 1.29 is 9.59 Å². The van der Waals surface area contributed by atoms with Crippen LogP contribution in [-0.2, 0) is 22.4 Å². The van der Waals surface area contributed by atoms with Gasteiger partial charge in [-0.1, -0.05) is 6.07 Å². The molecule has 0 saturated heterocycles. The highest BCUT2D eigenvalue weighted by Gasteiger charge is 2.02. The number of pyridine rings is 1. The normalized spacial score (nSPS) is 10.1. The lowest BCUT2D eigenvalue weighted by Gasteiger charge is -2.02. The Morgan fingerprint density at radius 3 is 1.81 bits per heavy atom. The Morgan fingerprint density at radius 2 is 1.44 bits per heavy atom. The summed E-state index contributed by atoms with van der Waals surface area (Å²) in [6.07, 6.45) is 5.09. The van der Waals surface area contributed by atoms with Crippen LogP contribution in [0, 0.1) is 0 Å². The molecule has 1 rings (SSSR count). The Hall–Kier alpha value is -0.930. The molecule has 0 saturated carbocycles. The Bertz CT molecular complexity index is 360. The summed E-state index contributed by atoms with van der Waals surface area (Å²) in [7, 11) is 0. The van der Waals surface area contributed by atoms with Gasteiger partial charge in [-0.15, -0.1) is 0 Å². The average Bonchev–Trinajstić information content (AvgIpc) is 2.24. The fraction of sp³-hybridized carbons (Fsp3) is 0.364. The summed E-state index contributed by atoms with van der Waals surface area (Å²) in [6.45, 7) is 0. The van der Waals surface area contributed by atoms with Crippen molar-refractivity contribution in [3.8, 4) is 0 Å². The van der Waals surface area contributed by atoms with Crippen LogP contribution in [0.15, 0.2) is 18.5 Å². The lowest BCUT2D eigenvalue weighted by Crippen LogP contribution is -1.96. The third-order valence-electron chi connectivity index (χ3n) is 2.07. The van der Waals surface area contributed by atoms with Gasteiger partial charge in [-0.25, -0.2) is 0 Å². The van der Waals surface area contributed by atoms with Gasteiger partial charge in [-0.05, 0) is 47.2 Å². The van der Waals surface area contributed by atoms with Crippen LogP contribution in [0.2, 0.25) is 0 Å². The molecule has 0 aliphatic heterocycles. The van der Waals surface area contributed by atoms with Gasteiger partial charge in [0.2, 0.25) is 10.5 Å². The predicted molar refractivity (Wildman–Crippen MR) is 62.6 cm³/mol. The van der Waals surface area contributed by atoms with Crippen LogP contribution >= 0.6 is 23.2 Å². The van der Waals surface area contributed by atoms with Crippen molar-refractivity contribution in [1.29, 1.82) is 0 Å². The monoisotopic (exact) mass is 259 g/mol. The molecule has 0 spiro atoms. The van der Waals surface area contributed by atoms with E-state index in [9.17, 15) is 9.59 Å². The Morgan fingerprint density at radius 1 is 1.00 bits per heavy atom. The summed E-state index contributed by atoms with van der Waals surface area (Å²) in [4.78, 5) is 25.2. The van der Waals surface area contributed by atoms with Crippen LogP contribution in [0.1, 0.15) is 24.0 Å². The second-order valence-electron chi connectivity index (χ2n) is 3.41.